The summed E-state index contributed by atoms with van der Waals surface area (Å²) in [6.45, 7) is 6.15. The zero-order valence-electron chi connectivity index (χ0n) is 13.0. The molecular weight excluding hydrogens is 296 g/mol. The number of aryl methyl sites for hydroxylation is 2. The van der Waals surface area contributed by atoms with Crippen LogP contribution >= 0.6 is 11.3 Å². The molecule has 3 rings (SSSR count). The van der Waals surface area contributed by atoms with Crippen LogP contribution in [-0.2, 0) is 6.54 Å². The number of aromatic hydroxyl groups is 1. The molecule has 0 radical (unpaired) electrons. The van der Waals surface area contributed by atoms with Crippen LogP contribution in [0.5, 0.6) is 5.75 Å². The van der Waals surface area contributed by atoms with Gasteiger partial charge in [-0.15, -0.1) is 11.3 Å². The maximum absolute atomic E-state index is 10.5. The van der Waals surface area contributed by atoms with E-state index in [0.717, 1.165) is 18.7 Å². The Hall–Kier alpha value is -1.43. The van der Waals surface area contributed by atoms with Gasteiger partial charge in [0.25, 0.3) is 0 Å². The van der Waals surface area contributed by atoms with Gasteiger partial charge in [0.1, 0.15) is 5.75 Å². The number of rotatable bonds is 3. The lowest BCUT2D eigenvalue weighted by atomic mass is 9.90. The molecule has 118 valence electrons. The van der Waals surface area contributed by atoms with Crippen LogP contribution in [-0.4, -0.2) is 39.3 Å². The van der Waals surface area contributed by atoms with Crippen LogP contribution in [0.1, 0.15) is 34.2 Å². The van der Waals surface area contributed by atoms with Gasteiger partial charge >= 0.3 is 0 Å². The van der Waals surface area contributed by atoms with Crippen molar-refractivity contribution in [3.63, 3.8) is 0 Å². The number of likely N-dealkylation sites (tertiary alicyclic amines) is 1. The highest BCUT2D eigenvalue weighted by molar-refractivity contribution is 7.10. The second kappa shape index (κ2) is 6.36. The number of aliphatic hydroxyl groups excluding tert-OH is 1. The smallest absolute Gasteiger partial charge is 0.138 e. The second-order valence-corrected chi connectivity index (χ2v) is 7.03. The van der Waals surface area contributed by atoms with E-state index < -0.39 is 0 Å². The number of nitrogens with zero attached hydrogens (tertiary/aromatic N) is 2. The van der Waals surface area contributed by atoms with E-state index in [0.29, 0.717) is 18.8 Å². The summed E-state index contributed by atoms with van der Waals surface area (Å²) < 4.78 is 0. The molecule has 1 aliphatic heterocycles. The molecule has 2 aromatic heterocycles. The Morgan fingerprint density at radius 2 is 2.14 bits per heavy atom. The Bertz CT molecular complexity index is 656. The van der Waals surface area contributed by atoms with Crippen LogP contribution in [0.3, 0.4) is 0 Å². The first-order valence-corrected chi connectivity index (χ1v) is 8.52. The molecule has 1 saturated heterocycles. The van der Waals surface area contributed by atoms with Crippen molar-refractivity contribution in [2.45, 2.75) is 38.8 Å². The zero-order chi connectivity index (χ0) is 15.7. The molecule has 2 aromatic rings. The van der Waals surface area contributed by atoms with Gasteiger partial charge in [0.05, 0.1) is 11.8 Å². The maximum atomic E-state index is 10.5. The summed E-state index contributed by atoms with van der Waals surface area (Å²) in [5, 5.41) is 22.5. The first kappa shape index (κ1) is 15.5. The van der Waals surface area contributed by atoms with Gasteiger partial charge < -0.3 is 10.2 Å². The summed E-state index contributed by atoms with van der Waals surface area (Å²) in [5.41, 5.74) is 2.87. The fourth-order valence-corrected chi connectivity index (χ4v) is 4.26. The van der Waals surface area contributed by atoms with Gasteiger partial charge in [-0.1, -0.05) is 0 Å². The Morgan fingerprint density at radius 1 is 1.32 bits per heavy atom. The number of pyridine rings is 1. The number of aliphatic hydroxyl groups is 1. The number of β-amino-alcohol motifs (C(OH)–C–C–N with tert-alkyl or cyclic N) is 1. The molecule has 0 aliphatic carbocycles. The van der Waals surface area contributed by atoms with E-state index in [1.807, 2.05) is 6.92 Å². The lowest BCUT2D eigenvalue weighted by molar-refractivity contribution is 0.0476. The molecular formula is C17H22N2O2S. The van der Waals surface area contributed by atoms with Crippen LogP contribution in [0.2, 0.25) is 0 Å². The molecule has 2 N–H and O–H groups in total. The topological polar surface area (TPSA) is 56.6 Å². The molecule has 2 atom stereocenters. The van der Waals surface area contributed by atoms with Gasteiger partial charge in [-0.3, -0.25) is 9.88 Å². The monoisotopic (exact) mass is 318 g/mol. The lowest BCUT2D eigenvalue weighted by Crippen LogP contribution is -2.42. The van der Waals surface area contributed by atoms with E-state index in [4.69, 9.17) is 0 Å². The molecule has 0 unspecified atom stereocenters. The summed E-state index contributed by atoms with van der Waals surface area (Å²) in [6, 6.07) is 5.61. The van der Waals surface area contributed by atoms with Crippen molar-refractivity contribution in [2.24, 2.45) is 0 Å². The van der Waals surface area contributed by atoms with Gasteiger partial charge in [-0.2, -0.15) is 0 Å². The Morgan fingerprint density at radius 3 is 2.82 bits per heavy atom. The molecule has 22 heavy (non-hydrogen) atoms. The fourth-order valence-electron chi connectivity index (χ4n) is 3.14. The van der Waals surface area contributed by atoms with Gasteiger partial charge in [0.2, 0.25) is 0 Å². The highest BCUT2D eigenvalue weighted by atomic mass is 32.1. The highest BCUT2D eigenvalue weighted by Crippen LogP contribution is 2.34. The van der Waals surface area contributed by atoms with E-state index in [9.17, 15) is 10.2 Å². The van der Waals surface area contributed by atoms with Crippen molar-refractivity contribution >= 4 is 11.3 Å². The van der Waals surface area contributed by atoms with E-state index in [1.165, 1.54) is 10.4 Å². The fraction of sp³-hybridized carbons (Fsp3) is 0.471. The van der Waals surface area contributed by atoms with E-state index in [-0.39, 0.29) is 17.8 Å². The number of thiophene rings is 1. The molecule has 1 aliphatic rings. The third-order valence-electron chi connectivity index (χ3n) is 4.37. The van der Waals surface area contributed by atoms with Gasteiger partial charge in [0, 0.05) is 29.6 Å². The van der Waals surface area contributed by atoms with Crippen molar-refractivity contribution in [3.8, 4) is 5.75 Å². The van der Waals surface area contributed by atoms with Crippen LogP contribution in [0.4, 0.5) is 0 Å². The van der Waals surface area contributed by atoms with Crippen LogP contribution in [0, 0.1) is 13.8 Å². The molecule has 0 bridgehead atoms. The summed E-state index contributed by atoms with van der Waals surface area (Å²) in [7, 11) is 0. The van der Waals surface area contributed by atoms with Crippen molar-refractivity contribution in [1.29, 1.82) is 0 Å². The molecule has 0 spiro atoms. The first-order valence-electron chi connectivity index (χ1n) is 7.64. The Labute approximate surface area is 135 Å². The highest BCUT2D eigenvalue weighted by Gasteiger charge is 2.30. The van der Waals surface area contributed by atoms with Crippen LogP contribution < -0.4 is 0 Å². The minimum Gasteiger partial charge on any atom is -0.506 e. The summed E-state index contributed by atoms with van der Waals surface area (Å²) in [4.78, 5) is 7.88. The second-order valence-electron chi connectivity index (χ2n) is 6.08. The van der Waals surface area contributed by atoms with Gasteiger partial charge in [-0.25, -0.2) is 0 Å². The van der Waals surface area contributed by atoms with Gasteiger partial charge in [0.15, 0.2) is 0 Å². The quantitative estimate of drug-likeness (QED) is 0.914. The molecule has 0 amide bonds. The number of piperidine rings is 1. The third kappa shape index (κ3) is 3.16. The van der Waals surface area contributed by atoms with Gasteiger partial charge in [-0.05, 0) is 56.0 Å². The minimum absolute atomic E-state index is 0.232. The van der Waals surface area contributed by atoms with E-state index in [1.54, 1.807) is 23.5 Å². The summed E-state index contributed by atoms with van der Waals surface area (Å²) in [6.07, 6.45) is 0.577. The van der Waals surface area contributed by atoms with Crippen molar-refractivity contribution in [3.05, 3.63) is 45.4 Å². The normalized spacial score (nSPS) is 22.9. The number of hydrogen-bond acceptors (Lipinski definition) is 5. The van der Waals surface area contributed by atoms with E-state index in [2.05, 4.69) is 28.3 Å². The largest absolute Gasteiger partial charge is 0.506 e. The number of hydrogen-bond donors (Lipinski definition) is 2. The third-order valence-corrected chi connectivity index (χ3v) is 5.52. The summed E-state index contributed by atoms with van der Waals surface area (Å²) >= 11 is 1.74. The first-order chi connectivity index (χ1) is 10.5. The van der Waals surface area contributed by atoms with Crippen molar-refractivity contribution in [1.82, 2.24) is 9.88 Å². The predicted octanol–water partition coefficient (Wildman–Crippen LogP) is 2.82. The van der Waals surface area contributed by atoms with E-state index >= 15 is 0 Å². The standard InChI is InChI=1S/C17H22N2O2S/c1-11-6-8-22-17(11)13-5-7-19(10-16(13)21)9-14-15(20)4-3-12(2)18-14/h3-4,6,8,13,16,20-21H,5,7,9-10H2,1-2H3/t13-,16-/m0/s1. The Kier molecular flexibility index (Phi) is 4.47. The minimum atomic E-state index is -0.363. The van der Waals surface area contributed by atoms with Crippen molar-refractivity contribution in [2.75, 3.05) is 13.1 Å². The molecule has 5 heteroatoms. The molecule has 3 heterocycles. The average molecular weight is 318 g/mol. The Balaban J connectivity index is 1.68. The van der Waals surface area contributed by atoms with Crippen LogP contribution in [0.25, 0.3) is 0 Å². The molecule has 0 saturated carbocycles. The average Bonchev–Trinajstić information content (AvgIpc) is 2.89. The molecule has 4 nitrogen and oxygen atoms in total. The lowest BCUT2D eigenvalue weighted by Gasteiger charge is -2.35. The zero-order valence-corrected chi connectivity index (χ0v) is 13.8. The van der Waals surface area contributed by atoms with Crippen molar-refractivity contribution < 1.29 is 10.2 Å². The molecule has 1 fully saturated rings. The summed E-state index contributed by atoms with van der Waals surface area (Å²) in [5.74, 6) is 0.464. The predicted molar refractivity (Wildman–Crippen MR) is 88.3 cm³/mol. The number of aromatic nitrogens is 1. The van der Waals surface area contributed by atoms with Crippen LogP contribution in [0.15, 0.2) is 23.6 Å². The SMILES string of the molecule is Cc1ccc(O)c(CN2CC[C@H](c3sccc3C)[C@@H](O)C2)n1. The molecule has 0 aromatic carbocycles. The maximum Gasteiger partial charge on any atom is 0.138 e.